The van der Waals surface area contributed by atoms with Crippen LogP contribution in [0.25, 0.3) is 0 Å². The maximum Gasteiger partial charge on any atom is 0.241 e. The molecule has 1 aliphatic carbocycles. The monoisotopic (exact) mass is 531 g/mol. The van der Waals surface area contributed by atoms with E-state index in [1.165, 1.54) is 7.11 Å². The van der Waals surface area contributed by atoms with E-state index < -0.39 is 46.9 Å². The van der Waals surface area contributed by atoms with E-state index in [2.05, 4.69) is 15.9 Å². The number of amides is 2. The smallest absolute Gasteiger partial charge is 0.241 e. The van der Waals surface area contributed by atoms with Crippen molar-refractivity contribution in [1.29, 1.82) is 0 Å². The van der Waals surface area contributed by atoms with Gasteiger partial charge in [-0.05, 0) is 42.0 Å². The number of ether oxygens (including phenoxy) is 2. The number of methoxy groups -OCH3 is 1. The van der Waals surface area contributed by atoms with E-state index >= 15 is 0 Å². The highest BCUT2D eigenvalue weighted by molar-refractivity contribution is 9.10. The Labute approximate surface area is 208 Å². The zero-order chi connectivity index (χ0) is 24.5. The average Bonchev–Trinajstić information content (AvgIpc) is 3.45. The first-order valence-electron chi connectivity index (χ1n) is 11.0. The molecule has 0 saturated carbocycles. The fourth-order valence-electron chi connectivity index (χ4n) is 5.48. The van der Waals surface area contributed by atoms with Gasteiger partial charge in [-0.25, -0.2) is 4.90 Å². The number of fused-ring (bicyclic) bond motifs is 3. The molecule has 2 saturated heterocycles. The molecule has 6 rings (SSSR count). The second-order valence-corrected chi connectivity index (χ2v) is 9.66. The van der Waals surface area contributed by atoms with Crippen molar-refractivity contribution in [2.45, 2.75) is 11.7 Å². The number of benzene rings is 3. The second-order valence-electron chi connectivity index (χ2n) is 8.75. The first kappa shape index (κ1) is 21.9. The second kappa shape index (κ2) is 7.69. The van der Waals surface area contributed by atoms with Crippen LogP contribution >= 0.6 is 15.9 Å². The Kier molecular flexibility index (Phi) is 4.81. The van der Waals surface area contributed by atoms with Gasteiger partial charge in [-0.15, -0.1) is 0 Å². The third kappa shape index (κ3) is 2.87. The summed E-state index contributed by atoms with van der Waals surface area (Å²) in [6, 6.07) is 20.0. The lowest BCUT2D eigenvalue weighted by Gasteiger charge is -2.27. The van der Waals surface area contributed by atoms with E-state index in [0.717, 1.165) is 9.37 Å². The quantitative estimate of drug-likeness (QED) is 0.372. The van der Waals surface area contributed by atoms with Crippen LogP contribution in [0.2, 0.25) is 0 Å². The molecular formula is C27H18BrNO6. The molecule has 35 heavy (non-hydrogen) atoms. The third-order valence-electron chi connectivity index (χ3n) is 7.03. The number of nitrogens with zero attached hydrogens (tertiary/aromatic N) is 1. The fraction of sp³-hybridized carbons (Fsp3) is 0.185. The molecule has 0 N–H and O–H groups in total. The largest absolute Gasteiger partial charge is 0.497 e. The number of hydrogen-bond acceptors (Lipinski definition) is 6. The summed E-state index contributed by atoms with van der Waals surface area (Å²) in [6.45, 7) is 0. The molecule has 7 nitrogen and oxygen atoms in total. The predicted octanol–water partition coefficient (Wildman–Crippen LogP) is 4.15. The lowest BCUT2D eigenvalue weighted by atomic mass is 9.77. The van der Waals surface area contributed by atoms with Crippen molar-refractivity contribution in [3.63, 3.8) is 0 Å². The molecule has 0 bridgehead atoms. The summed E-state index contributed by atoms with van der Waals surface area (Å²) in [5.74, 6) is -4.12. The van der Waals surface area contributed by atoms with E-state index in [9.17, 15) is 19.2 Å². The fourth-order valence-corrected chi connectivity index (χ4v) is 5.75. The molecule has 0 radical (unpaired) electrons. The molecule has 174 valence electrons. The summed E-state index contributed by atoms with van der Waals surface area (Å²) in [4.78, 5) is 56.3. The summed E-state index contributed by atoms with van der Waals surface area (Å²) >= 11 is 3.36. The van der Waals surface area contributed by atoms with Gasteiger partial charge in [0.05, 0.1) is 30.7 Å². The Morgan fingerprint density at radius 1 is 0.857 bits per heavy atom. The van der Waals surface area contributed by atoms with Crippen molar-refractivity contribution in [3.8, 4) is 5.75 Å². The Morgan fingerprint density at radius 2 is 1.51 bits per heavy atom. The van der Waals surface area contributed by atoms with Gasteiger partial charge in [0, 0.05) is 15.6 Å². The number of imide groups is 1. The molecule has 3 atom stereocenters. The Balaban J connectivity index is 1.54. The summed E-state index contributed by atoms with van der Waals surface area (Å²) in [5.41, 5.74) is -0.784. The van der Waals surface area contributed by atoms with Gasteiger partial charge in [0.2, 0.25) is 29.0 Å². The topological polar surface area (TPSA) is 90.0 Å². The van der Waals surface area contributed by atoms with E-state index in [1.807, 2.05) is 0 Å². The number of carbonyl (C=O) groups excluding carboxylic acids is 4. The molecule has 8 heteroatoms. The minimum atomic E-state index is -2.10. The number of anilines is 1. The van der Waals surface area contributed by atoms with Crippen molar-refractivity contribution in [3.05, 3.63) is 94.0 Å². The highest BCUT2D eigenvalue weighted by Gasteiger charge is 2.74. The Hall–Kier alpha value is -3.62. The maximum absolute atomic E-state index is 13.9. The Morgan fingerprint density at radius 3 is 2.14 bits per heavy atom. The van der Waals surface area contributed by atoms with Crippen LogP contribution in [-0.2, 0) is 14.3 Å². The summed E-state index contributed by atoms with van der Waals surface area (Å²) in [7, 11) is 1.51. The first-order chi connectivity index (χ1) is 16.9. The van der Waals surface area contributed by atoms with Gasteiger partial charge >= 0.3 is 0 Å². The van der Waals surface area contributed by atoms with Crippen molar-refractivity contribution in [2.75, 3.05) is 12.0 Å². The van der Waals surface area contributed by atoms with Gasteiger partial charge in [0.25, 0.3) is 0 Å². The van der Waals surface area contributed by atoms with Crippen LogP contribution in [0.5, 0.6) is 5.75 Å². The van der Waals surface area contributed by atoms with E-state index in [0.29, 0.717) is 17.0 Å². The van der Waals surface area contributed by atoms with Gasteiger partial charge in [0.1, 0.15) is 5.75 Å². The van der Waals surface area contributed by atoms with Crippen LogP contribution < -0.4 is 9.64 Å². The molecule has 1 spiro atoms. The number of Topliss-reactive ketones (excluding diaryl/α,β-unsaturated/α-hetero) is 2. The first-order valence-corrected chi connectivity index (χ1v) is 11.8. The minimum Gasteiger partial charge on any atom is -0.497 e. The Bertz CT molecular complexity index is 1400. The lowest BCUT2D eigenvalue weighted by Crippen LogP contribution is -2.51. The van der Waals surface area contributed by atoms with Gasteiger partial charge in [0.15, 0.2) is 0 Å². The van der Waals surface area contributed by atoms with Crippen molar-refractivity contribution in [1.82, 2.24) is 0 Å². The highest BCUT2D eigenvalue weighted by atomic mass is 79.9. The predicted molar refractivity (Wildman–Crippen MR) is 128 cm³/mol. The van der Waals surface area contributed by atoms with Gasteiger partial charge in [-0.2, -0.15) is 0 Å². The van der Waals surface area contributed by atoms with Crippen LogP contribution in [0.15, 0.2) is 77.3 Å². The lowest BCUT2D eigenvalue weighted by molar-refractivity contribution is -0.127. The van der Waals surface area contributed by atoms with Crippen LogP contribution in [-0.4, -0.2) is 36.1 Å². The molecule has 2 fully saturated rings. The van der Waals surface area contributed by atoms with Crippen LogP contribution in [0.4, 0.5) is 5.69 Å². The van der Waals surface area contributed by atoms with Crippen LogP contribution in [0.3, 0.4) is 0 Å². The van der Waals surface area contributed by atoms with Crippen LogP contribution in [0, 0.1) is 11.8 Å². The van der Waals surface area contributed by atoms with Crippen molar-refractivity contribution >= 4 is 45.0 Å². The maximum atomic E-state index is 13.9. The SMILES string of the molecule is COc1cccc([C@H]2OC3(C(=O)c4ccccc4C3=O)[C@@H]3C(=O)N(c4ccc(Br)cc4)C(=O)[C@H]23)c1. The van der Waals surface area contributed by atoms with Crippen LogP contribution in [0.1, 0.15) is 32.4 Å². The summed E-state index contributed by atoms with van der Waals surface area (Å²) < 4.78 is 12.4. The van der Waals surface area contributed by atoms with Crippen molar-refractivity contribution < 1.29 is 28.7 Å². The molecule has 2 amide bonds. The number of halogens is 1. The number of hydrogen-bond donors (Lipinski definition) is 0. The molecule has 2 heterocycles. The molecule has 3 aromatic carbocycles. The number of carbonyl (C=O) groups is 4. The van der Waals surface area contributed by atoms with E-state index in [-0.39, 0.29) is 11.1 Å². The zero-order valence-corrected chi connectivity index (χ0v) is 20.0. The molecule has 2 aliphatic heterocycles. The van der Waals surface area contributed by atoms with Gasteiger partial charge in [-0.3, -0.25) is 19.2 Å². The zero-order valence-electron chi connectivity index (χ0n) is 18.4. The normalized spacial score (nSPS) is 24.3. The number of rotatable bonds is 3. The molecule has 0 unspecified atom stereocenters. The molecule has 0 aromatic heterocycles. The van der Waals surface area contributed by atoms with Crippen molar-refractivity contribution in [2.24, 2.45) is 11.8 Å². The number of ketones is 2. The molecule has 3 aliphatic rings. The molecular weight excluding hydrogens is 514 g/mol. The van der Waals surface area contributed by atoms with Gasteiger partial charge < -0.3 is 9.47 Å². The molecule has 3 aromatic rings. The minimum absolute atomic E-state index is 0.199. The summed E-state index contributed by atoms with van der Waals surface area (Å²) in [5, 5.41) is 0. The third-order valence-corrected chi connectivity index (χ3v) is 7.55. The van der Waals surface area contributed by atoms with E-state index in [1.54, 1.807) is 72.8 Å². The highest BCUT2D eigenvalue weighted by Crippen LogP contribution is 2.57. The standard InChI is InChI=1S/C27H18BrNO6/c1-34-17-6-4-5-14(13-17)22-20-21(26(33)29(25(20)32)16-11-9-15(28)10-12-16)27(35-22)23(30)18-7-2-3-8-19(18)24(27)31/h2-13,20-22H,1H3/t20-,21-,22+/m0/s1. The summed E-state index contributed by atoms with van der Waals surface area (Å²) in [6.07, 6.45) is -0.991. The van der Waals surface area contributed by atoms with Gasteiger partial charge in [-0.1, -0.05) is 52.3 Å². The van der Waals surface area contributed by atoms with E-state index in [4.69, 9.17) is 9.47 Å². The average molecular weight is 532 g/mol.